The van der Waals surface area contributed by atoms with Crippen LogP contribution in [0.2, 0.25) is 0 Å². The molecule has 0 aromatic heterocycles. The molecule has 1 aliphatic heterocycles. The lowest BCUT2D eigenvalue weighted by atomic mass is 10.3. The molecule has 0 saturated carbocycles. The minimum Gasteiger partial charge on any atom is -0.434 e. The second kappa shape index (κ2) is 4.62. The summed E-state index contributed by atoms with van der Waals surface area (Å²) in [5, 5.41) is 0. The maximum Gasteiger partial charge on any atom is 0.508 e. The van der Waals surface area contributed by atoms with E-state index in [0.29, 0.717) is 19.6 Å². The zero-order valence-electron chi connectivity index (χ0n) is 6.62. The Balaban J connectivity index is 2.15. The highest BCUT2D eigenvalue weighted by molar-refractivity contribution is 5.60. The maximum absolute atomic E-state index is 10.6. The van der Waals surface area contributed by atoms with E-state index in [4.69, 9.17) is 15.9 Å². The molecule has 1 rings (SSSR count). The quantitative estimate of drug-likeness (QED) is 0.352. The molecule has 0 bridgehead atoms. The molecule has 0 radical (unpaired) electrons. The molecule has 1 unspecified atom stereocenters. The van der Waals surface area contributed by atoms with Gasteiger partial charge in [-0.25, -0.2) is 4.79 Å². The number of hydrogen-bond acceptors (Lipinski definition) is 4. The van der Waals surface area contributed by atoms with Crippen LogP contribution >= 0.6 is 0 Å². The van der Waals surface area contributed by atoms with E-state index in [1.807, 2.05) is 0 Å². The fraction of sp³-hybridized carbons (Fsp3) is 0.625. The van der Waals surface area contributed by atoms with Crippen molar-refractivity contribution in [1.82, 2.24) is 0 Å². The lowest BCUT2D eigenvalue weighted by Crippen LogP contribution is -2.31. The molecule has 1 saturated heterocycles. The molecule has 0 N–H and O–H groups in total. The third-order valence-corrected chi connectivity index (χ3v) is 1.41. The van der Waals surface area contributed by atoms with Crippen LogP contribution in [-0.4, -0.2) is 32.1 Å². The summed E-state index contributed by atoms with van der Waals surface area (Å²) in [6, 6.07) is 0. The van der Waals surface area contributed by atoms with Crippen LogP contribution < -0.4 is 0 Å². The first-order valence-electron chi connectivity index (χ1n) is 3.67. The Bertz CT molecular complexity index is 194. The average molecular weight is 170 g/mol. The fourth-order valence-corrected chi connectivity index (χ4v) is 0.869. The van der Waals surface area contributed by atoms with Crippen LogP contribution in [0.25, 0.3) is 0 Å². The van der Waals surface area contributed by atoms with Gasteiger partial charge in [-0.3, -0.25) is 0 Å². The number of cyclic esters (lactones) is 2. The van der Waals surface area contributed by atoms with Crippen molar-refractivity contribution in [2.75, 3.05) is 19.8 Å². The summed E-state index contributed by atoms with van der Waals surface area (Å²) in [4.78, 5) is 10.6. The lowest BCUT2D eigenvalue weighted by Gasteiger charge is -2.21. The van der Waals surface area contributed by atoms with Gasteiger partial charge in [0.2, 0.25) is 0 Å². The van der Waals surface area contributed by atoms with E-state index >= 15 is 0 Å². The number of rotatable bonds is 3. The van der Waals surface area contributed by atoms with Crippen molar-refractivity contribution in [3.8, 4) is 12.3 Å². The van der Waals surface area contributed by atoms with Crippen LogP contribution in [0.4, 0.5) is 4.79 Å². The summed E-state index contributed by atoms with van der Waals surface area (Å²) in [6.45, 7) is 0.983. The van der Waals surface area contributed by atoms with E-state index < -0.39 is 6.16 Å². The summed E-state index contributed by atoms with van der Waals surface area (Å²) >= 11 is 0. The molecule has 0 aromatic rings. The summed E-state index contributed by atoms with van der Waals surface area (Å²) in [5.41, 5.74) is 0. The van der Waals surface area contributed by atoms with Crippen molar-refractivity contribution < 1.29 is 19.0 Å². The third-order valence-electron chi connectivity index (χ3n) is 1.41. The summed E-state index contributed by atoms with van der Waals surface area (Å²) in [7, 11) is 0. The van der Waals surface area contributed by atoms with Crippen LogP contribution in [0.5, 0.6) is 0 Å². The zero-order chi connectivity index (χ0) is 8.81. The van der Waals surface area contributed by atoms with Crippen LogP contribution in [0.15, 0.2) is 0 Å². The summed E-state index contributed by atoms with van der Waals surface area (Å²) in [5.74, 6) is 2.32. The Labute approximate surface area is 70.8 Å². The van der Waals surface area contributed by atoms with Crippen LogP contribution in [0, 0.1) is 12.3 Å². The van der Waals surface area contributed by atoms with Gasteiger partial charge in [-0.15, -0.1) is 6.42 Å². The molecule has 1 heterocycles. The predicted molar refractivity (Wildman–Crippen MR) is 40.5 cm³/mol. The molecule has 1 fully saturated rings. The summed E-state index contributed by atoms with van der Waals surface area (Å²) < 4.78 is 14.3. The van der Waals surface area contributed by atoms with Gasteiger partial charge in [-0.2, -0.15) is 0 Å². The molecule has 0 amide bonds. The first-order valence-corrected chi connectivity index (χ1v) is 3.67. The van der Waals surface area contributed by atoms with Crippen molar-refractivity contribution in [3.63, 3.8) is 0 Å². The smallest absolute Gasteiger partial charge is 0.434 e. The Hall–Kier alpha value is -1.21. The molecule has 4 heteroatoms. The van der Waals surface area contributed by atoms with Gasteiger partial charge >= 0.3 is 6.16 Å². The molecule has 0 spiro atoms. The largest absolute Gasteiger partial charge is 0.508 e. The average Bonchev–Trinajstić information content (AvgIpc) is 2.05. The van der Waals surface area contributed by atoms with Gasteiger partial charge in [0, 0.05) is 6.42 Å². The molecule has 0 aliphatic carbocycles. The monoisotopic (exact) mass is 170 g/mol. The normalized spacial score (nSPS) is 22.2. The number of carbonyl (C=O) groups excluding carboxylic acids is 1. The number of terminal acetylenes is 1. The van der Waals surface area contributed by atoms with Crippen molar-refractivity contribution in [3.05, 3.63) is 0 Å². The van der Waals surface area contributed by atoms with Crippen LogP contribution in [0.1, 0.15) is 6.42 Å². The highest BCUT2D eigenvalue weighted by Gasteiger charge is 2.21. The van der Waals surface area contributed by atoms with Gasteiger partial charge in [0.25, 0.3) is 0 Å². The van der Waals surface area contributed by atoms with Crippen molar-refractivity contribution in [2.24, 2.45) is 0 Å². The Morgan fingerprint density at radius 2 is 2.58 bits per heavy atom. The molecule has 0 aromatic carbocycles. The van der Waals surface area contributed by atoms with Crippen LogP contribution in [-0.2, 0) is 14.2 Å². The molecule has 4 nitrogen and oxygen atoms in total. The zero-order valence-corrected chi connectivity index (χ0v) is 6.62. The Morgan fingerprint density at radius 1 is 1.75 bits per heavy atom. The van der Waals surface area contributed by atoms with Gasteiger partial charge in [0.15, 0.2) is 0 Å². The van der Waals surface area contributed by atoms with Gasteiger partial charge in [0.1, 0.15) is 12.7 Å². The fourth-order valence-electron chi connectivity index (χ4n) is 0.869. The summed E-state index contributed by atoms with van der Waals surface area (Å²) in [6.07, 6.45) is 4.79. The van der Waals surface area contributed by atoms with Crippen molar-refractivity contribution in [2.45, 2.75) is 12.5 Å². The van der Waals surface area contributed by atoms with E-state index in [2.05, 4.69) is 10.7 Å². The van der Waals surface area contributed by atoms with Crippen LogP contribution in [0.3, 0.4) is 0 Å². The number of carbonyl (C=O) groups is 1. The van der Waals surface area contributed by atoms with Crippen molar-refractivity contribution in [1.29, 1.82) is 0 Å². The van der Waals surface area contributed by atoms with Gasteiger partial charge in [0.05, 0.1) is 13.2 Å². The molecular formula is C8H10O4. The minimum absolute atomic E-state index is 0.209. The van der Waals surface area contributed by atoms with Gasteiger partial charge < -0.3 is 14.2 Å². The second-order valence-corrected chi connectivity index (χ2v) is 2.35. The number of ether oxygens (including phenoxy) is 3. The van der Waals surface area contributed by atoms with E-state index in [9.17, 15) is 4.79 Å². The van der Waals surface area contributed by atoms with Gasteiger partial charge in [-0.1, -0.05) is 5.92 Å². The highest BCUT2D eigenvalue weighted by atomic mass is 16.7. The Morgan fingerprint density at radius 3 is 3.25 bits per heavy atom. The van der Waals surface area contributed by atoms with Gasteiger partial charge in [-0.05, 0) is 0 Å². The minimum atomic E-state index is -0.629. The first-order chi connectivity index (χ1) is 5.83. The second-order valence-electron chi connectivity index (χ2n) is 2.35. The first kappa shape index (κ1) is 8.88. The van der Waals surface area contributed by atoms with E-state index in [1.165, 1.54) is 0 Å². The highest BCUT2D eigenvalue weighted by Crippen LogP contribution is 2.08. The van der Waals surface area contributed by atoms with Crippen molar-refractivity contribution >= 4 is 6.16 Å². The lowest BCUT2D eigenvalue weighted by molar-refractivity contribution is -0.0514. The Kier molecular flexibility index (Phi) is 3.42. The van der Waals surface area contributed by atoms with E-state index in [1.54, 1.807) is 0 Å². The third kappa shape index (κ3) is 2.81. The standard InChI is InChI=1S/C8H10O4/c1-2-4-10-6-7-3-5-11-8(9)12-7/h1,7H,3-6H2. The molecule has 66 valence electrons. The SMILES string of the molecule is C#CCOCC1CCOC(=O)O1. The molecule has 1 aliphatic rings. The number of hydrogen-bond donors (Lipinski definition) is 0. The topological polar surface area (TPSA) is 44.8 Å². The predicted octanol–water partition coefficient (Wildman–Crippen LogP) is 0.562. The molecule has 1 atom stereocenters. The molecule has 12 heavy (non-hydrogen) atoms. The molecular weight excluding hydrogens is 160 g/mol. The maximum atomic E-state index is 10.6. The van der Waals surface area contributed by atoms with E-state index in [0.717, 1.165) is 0 Å². The van der Waals surface area contributed by atoms with E-state index in [-0.39, 0.29) is 12.7 Å².